The standard InChI is InChI=1S/C15H16BrNS/c16-15-9-8-14(18-15)10-12-17-11-4-7-13-5-2-1-3-6-13/h1-9,17H,10-12H2/b7-4+. The quantitative estimate of drug-likeness (QED) is 0.780. The molecule has 1 nitrogen and oxygen atoms in total. The molecule has 0 aliphatic heterocycles. The first-order valence-corrected chi connectivity index (χ1v) is 7.62. The average Bonchev–Trinajstić information content (AvgIpc) is 2.81. The van der Waals surface area contributed by atoms with E-state index in [1.807, 2.05) is 17.4 Å². The molecule has 0 aliphatic rings. The second-order valence-electron chi connectivity index (χ2n) is 3.97. The maximum Gasteiger partial charge on any atom is 0.0701 e. The molecular weight excluding hydrogens is 306 g/mol. The molecule has 3 heteroatoms. The molecule has 0 spiro atoms. The minimum absolute atomic E-state index is 0.918. The molecule has 0 amide bonds. The fourth-order valence-electron chi connectivity index (χ4n) is 1.64. The highest BCUT2D eigenvalue weighted by atomic mass is 79.9. The highest BCUT2D eigenvalue weighted by Gasteiger charge is 1.96. The van der Waals surface area contributed by atoms with Gasteiger partial charge in [0, 0.05) is 18.0 Å². The summed E-state index contributed by atoms with van der Waals surface area (Å²) in [4.78, 5) is 1.42. The third kappa shape index (κ3) is 4.77. The summed E-state index contributed by atoms with van der Waals surface area (Å²) >= 11 is 5.29. The van der Waals surface area contributed by atoms with Crippen LogP contribution in [-0.4, -0.2) is 13.1 Å². The Kier molecular flexibility index (Phi) is 5.65. The van der Waals surface area contributed by atoms with Crippen LogP contribution in [0, 0.1) is 0 Å². The monoisotopic (exact) mass is 321 g/mol. The minimum Gasteiger partial charge on any atom is -0.313 e. The van der Waals surface area contributed by atoms with Gasteiger partial charge in [-0.15, -0.1) is 11.3 Å². The molecule has 0 fully saturated rings. The van der Waals surface area contributed by atoms with E-state index in [9.17, 15) is 0 Å². The van der Waals surface area contributed by atoms with Gasteiger partial charge >= 0.3 is 0 Å². The third-order valence-electron chi connectivity index (χ3n) is 2.55. The van der Waals surface area contributed by atoms with Gasteiger partial charge in [-0.05, 0) is 40.0 Å². The zero-order valence-electron chi connectivity index (χ0n) is 10.1. The van der Waals surface area contributed by atoms with Crippen LogP contribution in [0.1, 0.15) is 10.4 Å². The summed E-state index contributed by atoms with van der Waals surface area (Å²) in [6, 6.07) is 14.7. The molecule has 0 saturated heterocycles. The summed E-state index contributed by atoms with van der Waals surface area (Å²) in [6.45, 7) is 1.94. The third-order valence-corrected chi connectivity index (χ3v) is 4.23. The van der Waals surface area contributed by atoms with E-state index >= 15 is 0 Å². The molecule has 2 aromatic rings. The summed E-state index contributed by atoms with van der Waals surface area (Å²) < 4.78 is 1.21. The highest BCUT2D eigenvalue weighted by Crippen LogP contribution is 2.21. The number of rotatable bonds is 6. The Labute approximate surface area is 121 Å². The summed E-state index contributed by atoms with van der Waals surface area (Å²) in [5.41, 5.74) is 1.25. The molecule has 18 heavy (non-hydrogen) atoms. The Bertz CT molecular complexity index is 490. The molecule has 0 radical (unpaired) electrons. The normalized spacial score (nSPS) is 11.2. The second kappa shape index (κ2) is 7.52. The van der Waals surface area contributed by atoms with Crippen molar-refractivity contribution in [1.82, 2.24) is 5.32 Å². The minimum atomic E-state index is 0.918. The molecule has 2 rings (SSSR count). The van der Waals surface area contributed by atoms with Crippen molar-refractivity contribution in [2.75, 3.05) is 13.1 Å². The topological polar surface area (TPSA) is 12.0 Å². The van der Waals surface area contributed by atoms with Gasteiger partial charge in [-0.1, -0.05) is 42.5 Å². The van der Waals surface area contributed by atoms with Gasteiger partial charge in [0.05, 0.1) is 3.79 Å². The molecule has 0 saturated carbocycles. The number of hydrogen-bond donors (Lipinski definition) is 1. The summed E-state index contributed by atoms with van der Waals surface area (Å²) in [7, 11) is 0. The predicted molar refractivity (Wildman–Crippen MR) is 84.1 cm³/mol. The number of hydrogen-bond acceptors (Lipinski definition) is 2. The Balaban J connectivity index is 1.63. The van der Waals surface area contributed by atoms with E-state index in [1.54, 1.807) is 0 Å². The first-order valence-electron chi connectivity index (χ1n) is 6.01. The SMILES string of the molecule is Brc1ccc(CCNC/C=C/c2ccccc2)s1. The lowest BCUT2D eigenvalue weighted by molar-refractivity contribution is 0.751. The first-order chi connectivity index (χ1) is 8.84. The van der Waals surface area contributed by atoms with Crippen LogP contribution in [0.25, 0.3) is 6.08 Å². The molecule has 0 unspecified atom stereocenters. The number of benzene rings is 1. The van der Waals surface area contributed by atoms with Gasteiger partial charge in [0.25, 0.3) is 0 Å². The van der Waals surface area contributed by atoms with Crippen molar-refractivity contribution < 1.29 is 0 Å². The number of halogens is 1. The Hall–Kier alpha value is -0.900. The van der Waals surface area contributed by atoms with Crippen LogP contribution in [0.4, 0.5) is 0 Å². The molecule has 1 N–H and O–H groups in total. The first kappa shape index (κ1) is 13.5. The molecule has 0 aliphatic carbocycles. The van der Waals surface area contributed by atoms with Crippen molar-refractivity contribution in [3.8, 4) is 0 Å². The van der Waals surface area contributed by atoms with Crippen molar-refractivity contribution in [2.45, 2.75) is 6.42 Å². The highest BCUT2D eigenvalue weighted by molar-refractivity contribution is 9.11. The summed E-state index contributed by atoms with van der Waals surface area (Å²) in [6.07, 6.45) is 5.41. The van der Waals surface area contributed by atoms with Crippen LogP contribution in [0.3, 0.4) is 0 Å². The van der Waals surface area contributed by atoms with Crippen LogP contribution in [-0.2, 0) is 6.42 Å². The number of nitrogens with one attached hydrogen (secondary N) is 1. The number of thiophene rings is 1. The molecular formula is C15H16BrNS. The van der Waals surface area contributed by atoms with Crippen molar-refractivity contribution in [3.05, 3.63) is 62.8 Å². The van der Waals surface area contributed by atoms with Gasteiger partial charge in [0.1, 0.15) is 0 Å². The maximum absolute atomic E-state index is 3.48. The lowest BCUT2D eigenvalue weighted by Gasteiger charge is -1.99. The lowest BCUT2D eigenvalue weighted by Crippen LogP contribution is -2.16. The van der Waals surface area contributed by atoms with E-state index in [1.165, 1.54) is 14.2 Å². The zero-order chi connectivity index (χ0) is 12.6. The molecule has 1 aromatic heterocycles. The van der Waals surface area contributed by atoms with Gasteiger partial charge < -0.3 is 5.32 Å². The smallest absolute Gasteiger partial charge is 0.0701 e. The van der Waals surface area contributed by atoms with Crippen LogP contribution < -0.4 is 5.32 Å². The largest absolute Gasteiger partial charge is 0.313 e. The molecule has 1 aromatic carbocycles. The predicted octanol–water partition coefficient (Wildman–Crippen LogP) is 4.36. The Morgan fingerprint density at radius 2 is 1.94 bits per heavy atom. The van der Waals surface area contributed by atoms with Gasteiger partial charge in [-0.2, -0.15) is 0 Å². The van der Waals surface area contributed by atoms with Gasteiger partial charge in [-0.25, -0.2) is 0 Å². The van der Waals surface area contributed by atoms with Gasteiger partial charge in [0.2, 0.25) is 0 Å². The summed E-state index contributed by atoms with van der Waals surface area (Å²) in [5, 5.41) is 3.42. The Morgan fingerprint density at radius 1 is 1.11 bits per heavy atom. The Morgan fingerprint density at radius 3 is 2.67 bits per heavy atom. The van der Waals surface area contributed by atoms with Crippen LogP contribution in [0.2, 0.25) is 0 Å². The van der Waals surface area contributed by atoms with Crippen molar-refractivity contribution in [1.29, 1.82) is 0 Å². The second-order valence-corrected chi connectivity index (χ2v) is 6.52. The van der Waals surface area contributed by atoms with Crippen molar-refractivity contribution in [3.63, 3.8) is 0 Å². The van der Waals surface area contributed by atoms with Crippen LogP contribution >= 0.6 is 27.3 Å². The van der Waals surface area contributed by atoms with Crippen molar-refractivity contribution in [2.24, 2.45) is 0 Å². The fourth-order valence-corrected chi connectivity index (χ4v) is 3.12. The maximum atomic E-state index is 3.48. The van der Waals surface area contributed by atoms with Crippen LogP contribution in [0.5, 0.6) is 0 Å². The van der Waals surface area contributed by atoms with E-state index in [0.29, 0.717) is 0 Å². The van der Waals surface area contributed by atoms with Gasteiger partial charge in [0.15, 0.2) is 0 Å². The molecule has 0 atom stereocenters. The zero-order valence-corrected chi connectivity index (χ0v) is 12.5. The molecule has 1 heterocycles. The average molecular weight is 322 g/mol. The van der Waals surface area contributed by atoms with E-state index in [4.69, 9.17) is 0 Å². The fraction of sp³-hybridized carbons (Fsp3) is 0.200. The molecule has 0 bridgehead atoms. The van der Waals surface area contributed by atoms with E-state index in [0.717, 1.165) is 19.5 Å². The van der Waals surface area contributed by atoms with Crippen LogP contribution in [0.15, 0.2) is 52.3 Å². The van der Waals surface area contributed by atoms with Gasteiger partial charge in [-0.3, -0.25) is 0 Å². The lowest BCUT2D eigenvalue weighted by atomic mass is 10.2. The molecule has 94 valence electrons. The van der Waals surface area contributed by atoms with E-state index < -0.39 is 0 Å². The van der Waals surface area contributed by atoms with E-state index in [2.05, 4.69) is 69.8 Å². The van der Waals surface area contributed by atoms with Crippen molar-refractivity contribution >= 4 is 33.3 Å². The summed E-state index contributed by atoms with van der Waals surface area (Å²) in [5.74, 6) is 0. The van der Waals surface area contributed by atoms with E-state index in [-0.39, 0.29) is 0 Å².